The van der Waals surface area contributed by atoms with Crippen LogP contribution < -0.4 is 5.32 Å². The van der Waals surface area contributed by atoms with Crippen molar-refractivity contribution in [2.45, 2.75) is 0 Å². The molecule has 6 rings (SSSR count). The predicted octanol–water partition coefficient (Wildman–Crippen LogP) is 5.86. The standard InChI is InChI=1S/C29H21FN6O/c1-35-16-24(20-7-9-23(30)10-8-20)25(17-35)26-11-12-28-32-27(18-36(28)34-26)33-29(37)22-13-21(14-31-15-22)19-5-3-2-4-6-19/h2-18H,1H3,(H,33,37). The van der Waals surface area contributed by atoms with Gasteiger partial charge in [0.1, 0.15) is 5.82 Å². The summed E-state index contributed by atoms with van der Waals surface area (Å²) in [6, 6.07) is 21.7. The van der Waals surface area contributed by atoms with E-state index in [1.165, 1.54) is 18.3 Å². The molecule has 0 spiro atoms. The van der Waals surface area contributed by atoms with Gasteiger partial charge in [-0.05, 0) is 41.5 Å². The molecule has 7 nitrogen and oxygen atoms in total. The number of fused-ring (bicyclic) bond motifs is 1. The summed E-state index contributed by atoms with van der Waals surface area (Å²) in [5.74, 6) is -0.210. The summed E-state index contributed by atoms with van der Waals surface area (Å²) in [5.41, 5.74) is 6.32. The Labute approximate surface area is 211 Å². The second kappa shape index (κ2) is 9.16. The first-order valence-corrected chi connectivity index (χ1v) is 11.6. The van der Waals surface area contributed by atoms with Gasteiger partial charge in [-0.15, -0.1) is 0 Å². The molecule has 0 bridgehead atoms. The molecule has 0 atom stereocenters. The minimum atomic E-state index is -0.310. The highest BCUT2D eigenvalue weighted by molar-refractivity contribution is 6.04. The molecule has 0 saturated carbocycles. The van der Waals surface area contributed by atoms with Crippen LogP contribution in [0.3, 0.4) is 0 Å². The highest BCUT2D eigenvalue weighted by Gasteiger charge is 2.15. The van der Waals surface area contributed by atoms with Crippen LogP contribution in [-0.4, -0.2) is 30.1 Å². The van der Waals surface area contributed by atoms with E-state index in [-0.39, 0.29) is 11.7 Å². The number of aryl methyl sites for hydroxylation is 1. The number of nitrogens with one attached hydrogen (secondary N) is 1. The molecule has 0 saturated heterocycles. The van der Waals surface area contributed by atoms with Crippen LogP contribution in [0.5, 0.6) is 0 Å². The molecule has 37 heavy (non-hydrogen) atoms. The second-order valence-corrected chi connectivity index (χ2v) is 8.69. The van der Waals surface area contributed by atoms with E-state index in [4.69, 9.17) is 5.10 Å². The summed E-state index contributed by atoms with van der Waals surface area (Å²) in [6.07, 6.45) is 8.88. The molecule has 180 valence electrons. The number of imidazole rings is 1. The fourth-order valence-corrected chi connectivity index (χ4v) is 4.27. The minimum absolute atomic E-state index is 0.281. The number of amides is 1. The van der Waals surface area contributed by atoms with Gasteiger partial charge in [-0.25, -0.2) is 13.9 Å². The van der Waals surface area contributed by atoms with Gasteiger partial charge in [0.2, 0.25) is 0 Å². The van der Waals surface area contributed by atoms with Crippen LogP contribution in [0.25, 0.3) is 39.2 Å². The molecule has 0 unspecified atom stereocenters. The average Bonchev–Trinajstić information content (AvgIpc) is 3.52. The fraction of sp³-hybridized carbons (Fsp3) is 0.0345. The Kier molecular flexibility index (Phi) is 5.54. The highest BCUT2D eigenvalue weighted by Crippen LogP contribution is 2.32. The van der Waals surface area contributed by atoms with Crippen molar-refractivity contribution in [3.8, 4) is 33.5 Å². The Morgan fingerprint density at radius 3 is 2.43 bits per heavy atom. The van der Waals surface area contributed by atoms with Crippen LogP contribution in [0, 0.1) is 5.82 Å². The van der Waals surface area contributed by atoms with Crippen molar-refractivity contribution >= 4 is 17.4 Å². The fourth-order valence-electron chi connectivity index (χ4n) is 4.27. The lowest BCUT2D eigenvalue weighted by Crippen LogP contribution is -2.12. The topological polar surface area (TPSA) is 77.1 Å². The molecule has 4 aromatic heterocycles. The van der Waals surface area contributed by atoms with Crippen molar-refractivity contribution in [1.29, 1.82) is 0 Å². The van der Waals surface area contributed by atoms with Crippen LogP contribution in [0.2, 0.25) is 0 Å². The van der Waals surface area contributed by atoms with E-state index in [9.17, 15) is 9.18 Å². The third-order valence-electron chi connectivity index (χ3n) is 6.06. The number of pyridine rings is 1. The first kappa shape index (κ1) is 22.4. The molecule has 4 heterocycles. The molecule has 0 aliphatic rings. The minimum Gasteiger partial charge on any atom is -0.356 e. The van der Waals surface area contributed by atoms with Crippen molar-refractivity contribution in [3.05, 3.63) is 115 Å². The van der Waals surface area contributed by atoms with E-state index in [1.807, 2.05) is 66.5 Å². The summed E-state index contributed by atoms with van der Waals surface area (Å²) < 4.78 is 17.0. The molecule has 2 aromatic carbocycles. The van der Waals surface area contributed by atoms with Crippen molar-refractivity contribution in [2.75, 3.05) is 5.32 Å². The molecule has 1 N–H and O–H groups in total. The first-order valence-electron chi connectivity index (χ1n) is 11.6. The zero-order valence-electron chi connectivity index (χ0n) is 19.8. The quantitative estimate of drug-likeness (QED) is 0.330. The first-order chi connectivity index (χ1) is 18.0. The van der Waals surface area contributed by atoms with E-state index in [1.54, 1.807) is 35.1 Å². The van der Waals surface area contributed by atoms with Gasteiger partial charge in [-0.2, -0.15) is 5.10 Å². The van der Waals surface area contributed by atoms with Gasteiger partial charge in [-0.1, -0.05) is 42.5 Å². The SMILES string of the molecule is Cn1cc(-c2ccc(F)cc2)c(-c2ccc3nc(NC(=O)c4cncc(-c5ccccc5)c4)cn3n2)c1. The number of nitrogens with zero attached hydrogens (tertiary/aromatic N) is 5. The smallest absolute Gasteiger partial charge is 0.258 e. The zero-order chi connectivity index (χ0) is 25.4. The van der Waals surface area contributed by atoms with E-state index >= 15 is 0 Å². The number of benzene rings is 2. The van der Waals surface area contributed by atoms with Gasteiger partial charge < -0.3 is 9.88 Å². The Balaban J connectivity index is 1.28. The largest absolute Gasteiger partial charge is 0.356 e. The van der Waals surface area contributed by atoms with Crippen LogP contribution in [0.4, 0.5) is 10.2 Å². The van der Waals surface area contributed by atoms with Crippen molar-refractivity contribution in [2.24, 2.45) is 7.05 Å². The third kappa shape index (κ3) is 4.48. The number of halogens is 1. The van der Waals surface area contributed by atoms with Crippen LogP contribution in [-0.2, 0) is 7.05 Å². The monoisotopic (exact) mass is 488 g/mol. The van der Waals surface area contributed by atoms with Gasteiger partial charge in [0.05, 0.1) is 17.5 Å². The third-order valence-corrected chi connectivity index (χ3v) is 6.06. The maximum absolute atomic E-state index is 13.4. The van der Waals surface area contributed by atoms with Gasteiger partial charge >= 0.3 is 0 Å². The number of anilines is 1. The lowest BCUT2D eigenvalue weighted by Gasteiger charge is -2.05. The van der Waals surface area contributed by atoms with Gasteiger partial charge in [0.25, 0.3) is 5.91 Å². The Morgan fingerprint density at radius 1 is 0.838 bits per heavy atom. The molecule has 8 heteroatoms. The lowest BCUT2D eigenvalue weighted by atomic mass is 10.0. The number of hydrogen-bond donors (Lipinski definition) is 1. The van der Waals surface area contributed by atoms with Gasteiger partial charge in [0, 0.05) is 48.5 Å². The van der Waals surface area contributed by atoms with E-state index in [2.05, 4.69) is 15.3 Å². The molecule has 0 radical (unpaired) electrons. The highest BCUT2D eigenvalue weighted by atomic mass is 19.1. The maximum atomic E-state index is 13.4. The van der Waals surface area contributed by atoms with Crippen LogP contribution >= 0.6 is 0 Å². The summed E-state index contributed by atoms with van der Waals surface area (Å²) in [7, 11) is 1.93. The summed E-state index contributed by atoms with van der Waals surface area (Å²) >= 11 is 0. The second-order valence-electron chi connectivity index (χ2n) is 8.69. The molecule has 0 aliphatic heterocycles. The zero-order valence-corrected chi connectivity index (χ0v) is 19.8. The Hall–Kier alpha value is -5.11. The van der Waals surface area contributed by atoms with Crippen molar-refractivity contribution < 1.29 is 9.18 Å². The lowest BCUT2D eigenvalue weighted by molar-refractivity contribution is 0.102. The predicted molar refractivity (Wildman–Crippen MR) is 140 cm³/mol. The molecule has 1 amide bonds. The maximum Gasteiger partial charge on any atom is 0.258 e. The van der Waals surface area contributed by atoms with Crippen molar-refractivity contribution in [1.82, 2.24) is 24.1 Å². The molecule has 0 fully saturated rings. The number of carbonyl (C=O) groups is 1. The number of carbonyl (C=O) groups excluding carboxylic acids is 1. The molecular weight excluding hydrogens is 467 g/mol. The van der Waals surface area contributed by atoms with E-state index in [0.29, 0.717) is 17.0 Å². The Bertz CT molecular complexity index is 1740. The van der Waals surface area contributed by atoms with Gasteiger partial charge in [0.15, 0.2) is 11.5 Å². The van der Waals surface area contributed by atoms with Crippen molar-refractivity contribution in [3.63, 3.8) is 0 Å². The number of hydrogen-bond acceptors (Lipinski definition) is 4. The van der Waals surface area contributed by atoms with Crippen LogP contribution in [0.1, 0.15) is 10.4 Å². The molecular formula is C29H21FN6O. The van der Waals surface area contributed by atoms with E-state index in [0.717, 1.165) is 33.5 Å². The van der Waals surface area contributed by atoms with Crippen LogP contribution in [0.15, 0.2) is 104 Å². The Morgan fingerprint density at radius 2 is 1.62 bits per heavy atom. The molecule has 6 aromatic rings. The van der Waals surface area contributed by atoms with E-state index < -0.39 is 0 Å². The number of aromatic nitrogens is 5. The van der Waals surface area contributed by atoms with Gasteiger partial charge in [-0.3, -0.25) is 9.78 Å². The number of rotatable bonds is 5. The summed E-state index contributed by atoms with van der Waals surface area (Å²) in [6.45, 7) is 0. The average molecular weight is 489 g/mol. The summed E-state index contributed by atoms with van der Waals surface area (Å²) in [4.78, 5) is 21.7. The summed E-state index contributed by atoms with van der Waals surface area (Å²) in [5, 5.41) is 7.56. The molecule has 0 aliphatic carbocycles. The normalized spacial score (nSPS) is 11.1.